The molecule has 0 saturated carbocycles. The lowest BCUT2D eigenvalue weighted by molar-refractivity contribution is -0.128. The highest BCUT2D eigenvalue weighted by atomic mass is 35.5. The lowest BCUT2D eigenvalue weighted by atomic mass is 10.1. The molecule has 0 aromatic heterocycles. The van der Waals surface area contributed by atoms with Gasteiger partial charge in [0.25, 0.3) is 5.91 Å². The summed E-state index contributed by atoms with van der Waals surface area (Å²) in [4.78, 5) is 27.2. The van der Waals surface area contributed by atoms with Crippen molar-refractivity contribution < 1.29 is 19.1 Å². The number of halogens is 1. The highest BCUT2D eigenvalue weighted by Crippen LogP contribution is 2.34. The lowest BCUT2D eigenvalue weighted by Crippen LogP contribution is -2.51. The lowest BCUT2D eigenvalue weighted by Gasteiger charge is -2.34. The molecule has 2 aromatic rings. The molecule has 6 nitrogen and oxygen atoms in total. The Morgan fingerprint density at radius 2 is 2.07 bits per heavy atom. The van der Waals surface area contributed by atoms with Crippen molar-refractivity contribution in [2.24, 2.45) is 0 Å². The minimum atomic E-state index is -0.758. The third-order valence-corrected chi connectivity index (χ3v) is 4.74. The van der Waals surface area contributed by atoms with Gasteiger partial charge >= 0.3 is 0 Å². The monoisotopic (exact) mass is 402 g/mol. The van der Waals surface area contributed by atoms with Crippen molar-refractivity contribution in [1.82, 2.24) is 5.32 Å². The van der Waals surface area contributed by atoms with Crippen LogP contribution in [0.25, 0.3) is 0 Å². The molecule has 0 spiro atoms. The van der Waals surface area contributed by atoms with Crippen LogP contribution in [0, 0.1) is 0 Å². The molecule has 1 aliphatic rings. The van der Waals surface area contributed by atoms with Gasteiger partial charge in [-0.1, -0.05) is 30.7 Å². The number of nitrogens with zero attached hydrogens (tertiary/aromatic N) is 1. The number of ether oxygens (including phenoxy) is 2. The topological polar surface area (TPSA) is 67.9 Å². The molecule has 28 heavy (non-hydrogen) atoms. The third kappa shape index (κ3) is 4.39. The molecule has 0 aliphatic carbocycles. The van der Waals surface area contributed by atoms with Gasteiger partial charge < -0.3 is 19.7 Å². The SMILES string of the molecule is CCCNC(=O)[C@H]1CN(C(=O)Cc2cc(Cl)ccc2OC)c2ccccc2O1. The molecular weight excluding hydrogens is 380 g/mol. The van der Waals surface area contributed by atoms with Crippen molar-refractivity contribution in [1.29, 1.82) is 0 Å². The Hall–Kier alpha value is -2.73. The minimum absolute atomic E-state index is 0.0986. The molecule has 3 rings (SSSR count). The smallest absolute Gasteiger partial charge is 0.262 e. The summed E-state index contributed by atoms with van der Waals surface area (Å²) < 4.78 is 11.2. The van der Waals surface area contributed by atoms with E-state index in [2.05, 4.69) is 5.32 Å². The molecule has 1 aliphatic heterocycles. The maximum atomic E-state index is 13.1. The number of anilines is 1. The third-order valence-electron chi connectivity index (χ3n) is 4.50. The first-order chi connectivity index (χ1) is 13.5. The van der Waals surface area contributed by atoms with Crippen molar-refractivity contribution in [2.45, 2.75) is 25.9 Å². The second-order valence-electron chi connectivity index (χ2n) is 6.50. The Labute approximate surface area is 169 Å². The first-order valence-corrected chi connectivity index (χ1v) is 9.57. The number of hydrogen-bond donors (Lipinski definition) is 1. The fourth-order valence-corrected chi connectivity index (χ4v) is 3.31. The van der Waals surface area contributed by atoms with E-state index in [9.17, 15) is 9.59 Å². The number of carbonyl (C=O) groups is 2. The van der Waals surface area contributed by atoms with Crippen molar-refractivity contribution in [3.05, 3.63) is 53.1 Å². The van der Waals surface area contributed by atoms with Crippen LogP contribution in [-0.2, 0) is 16.0 Å². The zero-order chi connectivity index (χ0) is 20.1. The summed E-state index contributed by atoms with van der Waals surface area (Å²) >= 11 is 6.08. The first kappa shape index (κ1) is 20.0. The van der Waals surface area contributed by atoms with E-state index in [0.29, 0.717) is 34.3 Å². The van der Waals surface area contributed by atoms with Crippen LogP contribution < -0.4 is 19.7 Å². The van der Waals surface area contributed by atoms with E-state index in [0.717, 1.165) is 6.42 Å². The molecule has 1 atom stereocenters. The molecule has 7 heteroatoms. The number of rotatable bonds is 6. The second-order valence-corrected chi connectivity index (χ2v) is 6.94. The number of nitrogens with one attached hydrogen (secondary N) is 1. The summed E-state index contributed by atoms with van der Waals surface area (Å²) in [6.07, 6.45) is 0.167. The Morgan fingerprint density at radius 3 is 2.82 bits per heavy atom. The van der Waals surface area contributed by atoms with Crippen LogP contribution in [0.5, 0.6) is 11.5 Å². The number of carbonyl (C=O) groups excluding carboxylic acids is 2. The van der Waals surface area contributed by atoms with Crippen molar-refractivity contribution in [2.75, 3.05) is 25.1 Å². The van der Waals surface area contributed by atoms with Gasteiger partial charge in [0, 0.05) is 17.1 Å². The number of fused-ring (bicyclic) bond motifs is 1. The van der Waals surface area contributed by atoms with Gasteiger partial charge in [-0.2, -0.15) is 0 Å². The average molecular weight is 403 g/mol. The summed E-state index contributed by atoms with van der Waals surface area (Å²) in [6.45, 7) is 2.69. The van der Waals surface area contributed by atoms with Crippen LogP contribution in [0.3, 0.4) is 0 Å². The number of benzene rings is 2. The van der Waals surface area contributed by atoms with Crippen LogP contribution >= 0.6 is 11.6 Å². The first-order valence-electron chi connectivity index (χ1n) is 9.19. The summed E-state index contributed by atoms with van der Waals surface area (Å²) in [5.74, 6) is 0.715. The second kappa shape index (κ2) is 8.97. The Balaban J connectivity index is 1.85. The molecule has 0 unspecified atom stereocenters. The van der Waals surface area contributed by atoms with Crippen molar-refractivity contribution >= 4 is 29.1 Å². The summed E-state index contributed by atoms with van der Waals surface area (Å²) in [5.41, 5.74) is 1.34. The van der Waals surface area contributed by atoms with Gasteiger partial charge in [0.1, 0.15) is 11.5 Å². The van der Waals surface area contributed by atoms with Crippen LogP contribution in [0.1, 0.15) is 18.9 Å². The highest BCUT2D eigenvalue weighted by Gasteiger charge is 2.33. The van der Waals surface area contributed by atoms with E-state index in [1.165, 1.54) is 0 Å². The van der Waals surface area contributed by atoms with E-state index in [-0.39, 0.29) is 24.8 Å². The van der Waals surface area contributed by atoms with E-state index in [4.69, 9.17) is 21.1 Å². The fourth-order valence-electron chi connectivity index (χ4n) is 3.11. The number of methoxy groups -OCH3 is 1. The Bertz CT molecular complexity index is 871. The fraction of sp³-hybridized carbons (Fsp3) is 0.333. The maximum Gasteiger partial charge on any atom is 0.262 e. The van der Waals surface area contributed by atoms with E-state index in [1.807, 2.05) is 25.1 Å². The van der Waals surface area contributed by atoms with Gasteiger partial charge in [-0.05, 0) is 36.8 Å². The molecule has 2 aromatic carbocycles. The Kier molecular flexibility index (Phi) is 6.41. The van der Waals surface area contributed by atoms with Crippen LogP contribution in [0.15, 0.2) is 42.5 Å². The molecule has 0 fully saturated rings. The van der Waals surface area contributed by atoms with Gasteiger partial charge in [0.05, 0.1) is 25.8 Å². The van der Waals surface area contributed by atoms with Gasteiger partial charge in [-0.25, -0.2) is 0 Å². The number of hydrogen-bond acceptors (Lipinski definition) is 4. The number of amides is 2. The zero-order valence-corrected chi connectivity index (χ0v) is 16.7. The summed E-state index contributed by atoms with van der Waals surface area (Å²) in [7, 11) is 1.55. The average Bonchev–Trinajstić information content (AvgIpc) is 2.71. The van der Waals surface area contributed by atoms with Crippen LogP contribution in [-0.4, -0.2) is 38.1 Å². The van der Waals surface area contributed by atoms with Gasteiger partial charge in [-0.3, -0.25) is 9.59 Å². The van der Waals surface area contributed by atoms with Crippen molar-refractivity contribution in [3.63, 3.8) is 0 Å². The molecule has 1 N–H and O–H groups in total. The van der Waals surface area contributed by atoms with E-state index < -0.39 is 6.10 Å². The molecule has 2 amide bonds. The quantitative estimate of drug-likeness (QED) is 0.805. The van der Waals surface area contributed by atoms with Gasteiger partial charge in [0.15, 0.2) is 6.10 Å². The zero-order valence-electron chi connectivity index (χ0n) is 15.9. The molecule has 1 heterocycles. The summed E-state index contributed by atoms with van der Waals surface area (Å²) in [6, 6.07) is 12.4. The molecule has 0 bridgehead atoms. The predicted octanol–water partition coefficient (Wildman–Crippen LogP) is 3.21. The minimum Gasteiger partial charge on any atom is -0.496 e. The van der Waals surface area contributed by atoms with Gasteiger partial charge in [-0.15, -0.1) is 0 Å². The molecule has 0 radical (unpaired) electrons. The number of para-hydroxylation sites is 2. The normalized spacial score (nSPS) is 15.4. The largest absolute Gasteiger partial charge is 0.496 e. The Morgan fingerprint density at radius 1 is 1.29 bits per heavy atom. The highest BCUT2D eigenvalue weighted by molar-refractivity contribution is 6.30. The van der Waals surface area contributed by atoms with Crippen LogP contribution in [0.2, 0.25) is 5.02 Å². The molecule has 148 valence electrons. The molecule has 0 saturated heterocycles. The maximum absolute atomic E-state index is 13.1. The summed E-state index contributed by atoms with van der Waals surface area (Å²) in [5, 5.41) is 3.36. The predicted molar refractivity (Wildman–Crippen MR) is 108 cm³/mol. The van der Waals surface area contributed by atoms with E-state index in [1.54, 1.807) is 36.3 Å². The van der Waals surface area contributed by atoms with Crippen LogP contribution in [0.4, 0.5) is 5.69 Å². The molecular formula is C21H23ClN2O4. The van der Waals surface area contributed by atoms with Gasteiger partial charge in [0.2, 0.25) is 5.91 Å². The standard InChI is InChI=1S/C21H23ClN2O4/c1-3-10-23-21(26)19-13-24(16-6-4-5-7-18(16)28-19)20(25)12-14-11-15(22)8-9-17(14)27-2/h4-9,11,19H,3,10,12-13H2,1-2H3,(H,23,26)/t19-/m1/s1. The van der Waals surface area contributed by atoms with E-state index >= 15 is 0 Å². The van der Waals surface area contributed by atoms with Crippen molar-refractivity contribution in [3.8, 4) is 11.5 Å².